The Balaban J connectivity index is 3.26. The zero-order chi connectivity index (χ0) is 10.7. The van der Waals surface area contributed by atoms with E-state index in [0.29, 0.717) is 0 Å². The minimum Gasteiger partial charge on any atom is -0.495 e. The van der Waals surface area contributed by atoms with Gasteiger partial charge in [-0.1, -0.05) is 0 Å². The van der Waals surface area contributed by atoms with E-state index in [-0.39, 0.29) is 28.8 Å². The SMILES string of the molecule is COc1cc(F)c(CCN)c(F)c1Br. The van der Waals surface area contributed by atoms with E-state index in [1.807, 2.05) is 0 Å². The van der Waals surface area contributed by atoms with Crippen LogP contribution in [0.1, 0.15) is 5.56 Å². The molecule has 0 fully saturated rings. The first-order valence-corrected chi connectivity index (χ1v) is 4.81. The molecule has 0 atom stereocenters. The molecule has 1 aromatic rings. The highest BCUT2D eigenvalue weighted by molar-refractivity contribution is 9.10. The van der Waals surface area contributed by atoms with Crippen LogP contribution in [0.4, 0.5) is 8.78 Å². The highest BCUT2D eigenvalue weighted by Crippen LogP contribution is 2.31. The Hall–Kier alpha value is -0.680. The van der Waals surface area contributed by atoms with Crippen molar-refractivity contribution in [2.75, 3.05) is 13.7 Å². The van der Waals surface area contributed by atoms with Crippen molar-refractivity contribution in [3.05, 3.63) is 27.7 Å². The largest absolute Gasteiger partial charge is 0.495 e. The topological polar surface area (TPSA) is 35.2 Å². The molecule has 0 unspecified atom stereocenters. The van der Waals surface area contributed by atoms with E-state index < -0.39 is 11.6 Å². The Kier molecular flexibility index (Phi) is 3.83. The summed E-state index contributed by atoms with van der Waals surface area (Å²) >= 11 is 2.99. The summed E-state index contributed by atoms with van der Waals surface area (Å²) in [4.78, 5) is 0. The summed E-state index contributed by atoms with van der Waals surface area (Å²) < 4.78 is 31.7. The second-order valence-corrected chi connectivity index (χ2v) is 3.50. The van der Waals surface area contributed by atoms with E-state index in [9.17, 15) is 8.78 Å². The Morgan fingerprint density at radius 1 is 1.50 bits per heavy atom. The first-order valence-electron chi connectivity index (χ1n) is 4.02. The molecule has 0 saturated heterocycles. The lowest BCUT2D eigenvalue weighted by molar-refractivity contribution is 0.401. The third-order valence-electron chi connectivity index (χ3n) is 1.83. The fraction of sp³-hybridized carbons (Fsp3) is 0.333. The van der Waals surface area contributed by atoms with Gasteiger partial charge in [0, 0.05) is 11.6 Å². The van der Waals surface area contributed by atoms with Crippen LogP contribution in [0.3, 0.4) is 0 Å². The Bertz CT molecular complexity index is 344. The van der Waals surface area contributed by atoms with Gasteiger partial charge in [0.15, 0.2) is 0 Å². The smallest absolute Gasteiger partial charge is 0.147 e. The molecule has 0 saturated carbocycles. The Labute approximate surface area is 89.2 Å². The van der Waals surface area contributed by atoms with Crippen molar-refractivity contribution in [1.29, 1.82) is 0 Å². The standard InChI is InChI=1S/C9H10BrF2NO/c1-14-7-4-6(11)5(2-3-13)9(12)8(7)10/h4H,2-3,13H2,1H3. The molecule has 0 heterocycles. The lowest BCUT2D eigenvalue weighted by Crippen LogP contribution is -2.07. The number of halogens is 3. The summed E-state index contributed by atoms with van der Waals surface area (Å²) in [7, 11) is 1.35. The van der Waals surface area contributed by atoms with Crippen LogP contribution in [0, 0.1) is 11.6 Å². The molecule has 14 heavy (non-hydrogen) atoms. The van der Waals surface area contributed by atoms with Gasteiger partial charge >= 0.3 is 0 Å². The van der Waals surface area contributed by atoms with Crippen LogP contribution < -0.4 is 10.5 Å². The van der Waals surface area contributed by atoms with Crippen molar-refractivity contribution in [2.24, 2.45) is 5.73 Å². The molecule has 0 bridgehead atoms. The van der Waals surface area contributed by atoms with Crippen LogP contribution in [0.5, 0.6) is 5.75 Å². The van der Waals surface area contributed by atoms with Crippen molar-refractivity contribution in [3.63, 3.8) is 0 Å². The minimum absolute atomic E-state index is 0.0137. The number of hydrogen-bond donors (Lipinski definition) is 1. The van der Waals surface area contributed by atoms with Crippen molar-refractivity contribution in [3.8, 4) is 5.75 Å². The van der Waals surface area contributed by atoms with Crippen LogP contribution in [-0.2, 0) is 6.42 Å². The molecule has 0 radical (unpaired) electrons. The summed E-state index contributed by atoms with van der Waals surface area (Å²) in [5, 5.41) is 0. The molecule has 78 valence electrons. The van der Waals surface area contributed by atoms with E-state index in [2.05, 4.69) is 15.9 Å². The molecule has 2 N–H and O–H groups in total. The maximum Gasteiger partial charge on any atom is 0.147 e. The number of benzene rings is 1. The minimum atomic E-state index is -0.646. The predicted molar refractivity (Wildman–Crippen MR) is 53.4 cm³/mol. The molecule has 5 heteroatoms. The van der Waals surface area contributed by atoms with Crippen LogP contribution in [0.15, 0.2) is 10.5 Å². The quantitative estimate of drug-likeness (QED) is 0.851. The summed E-state index contributed by atoms with van der Waals surface area (Å²) in [6, 6.07) is 1.14. The van der Waals surface area contributed by atoms with E-state index in [1.54, 1.807) is 0 Å². The van der Waals surface area contributed by atoms with Crippen LogP contribution in [0.25, 0.3) is 0 Å². The molecule has 1 aromatic carbocycles. The van der Waals surface area contributed by atoms with E-state index in [1.165, 1.54) is 7.11 Å². The fourth-order valence-electron chi connectivity index (χ4n) is 1.13. The van der Waals surface area contributed by atoms with Crippen LogP contribution in [0.2, 0.25) is 0 Å². The number of hydrogen-bond acceptors (Lipinski definition) is 2. The summed E-state index contributed by atoms with van der Waals surface area (Å²) in [5.74, 6) is -1.14. The average Bonchev–Trinajstić information content (AvgIpc) is 2.18. The maximum absolute atomic E-state index is 13.5. The van der Waals surface area contributed by atoms with E-state index >= 15 is 0 Å². The Morgan fingerprint density at radius 3 is 2.64 bits per heavy atom. The monoisotopic (exact) mass is 265 g/mol. The van der Waals surface area contributed by atoms with Gasteiger partial charge in [-0.25, -0.2) is 8.78 Å². The summed E-state index contributed by atoms with van der Waals surface area (Å²) in [5.41, 5.74) is 5.23. The first kappa shape index (κ1) is 11.4. The summed E-state index contributed by atoms with van der Waals surface area (Å²) in [6.07, 6.45) is 0.167. The van der Waals surface area contributed by atoms with Gasteiger partial charge in [0.2, 0.25) is 0 Å². The van der Waals surface area contributed by atoms with Crippen LogP contribution in [-0.4, -0.2) is 13.7 Å². The highest BCUT2D eigenvalue weighted by atomic mass is 79.9. The molecular formula is C9H10BrF2NO. The molecule has 0 amide bonds. The molecule has 2 nitrogen and oxygen atoms in total. The third-order valence-corrected chi connectivity index (χ3v) is 2.57. The molecular weight excluding hydrogens is 256 g/mol. The number of methoxy groups -OCH3 is 1. The first-order chi connectivity index (χ1) is 6.61. The molecule has 0 aliphatic carbocycles. The lowest BCUT2D eigenvalue weighted by Gasteiger charge is -2.09. The van der Waals surface area contributed by atoms with Gasteiger partial charge in [0.05, 0.1) is 11.6 Å². The molecule has 1 rings (SSSR count). The van der Waals surface area contributed by atoms with Gasteiger partial charge < -0.3 is 10.5 Å². The molecule has 0 aliphatic rings. The second-order valence-electron chi connectivity index (χ2n) is 2.71. The lowest BCUT2D eigenvalue weighted by atomic mass is 10.1. The van der Waals surface area contributed by atoms with Crippen LogP contribution >= 0.6 is 15.9 Å². The highest BCUT2D eigenvalue weighted by Gasteiger charge is 2.16. The zero-order valence-electron chi connectivity index (χ0n) is 7.61. The normalized spacial score (nSPS) is 10.4. The van der Waals surface area contributed by atoms with E-state index in [4.69, 9.17) is 10.5 Å². The third kappa shape index (κ3) is 2.04. The van der Waals surface area contributed by atoms with Gasteiger partial charge in [-0.15, -0.1) is 0 Å². The maximum atomic E-state index is 13.5. The van der Waals surface area contributed by atoms with Crippen molar-refractivity contribution < 1.29 is 13.5 Å². The molecule has 0 aliphatic heterocycles. The van der Waals surface area contributed by atoms with Gasteiger partial charge in [-0.05, 0) is 28.9 Å². The zero-order valence-corrected chi connectivity index (χ0v) is 9.20. The number of nitrogens with two attached hydrogens (primary N) is 1. The van der Waals surface area contributed by atoms with Gasteiger partial charge in [-0.3, -0.25) is 0 Å². The predicted octanol–water partition coefficient (Wildman–Crippen LogP) is 2.24. The Morgan fingerprint density at radius 2 is 2.14 bits per heavy atom. The molecule has 0 spiro atoms. The molecule has 0 aromatic heterocycles. The van der Waals surface area contributed by atoms with E-state index in [0.717, 1.165) is 6.07 Å². The number of rotatable bonds is 3. The fourth-order valence-corrected chi connectivity index (χ4v) is 1.65. The van der Waals surface area contributed by atoms with Crippen molar-refractivity contribution in [2.45, 2.75) is 6.42 Å². The van der Waals surface area contributed by atoms with Crippen molar-refractivity contribution in [1.82, 2.24) is 0 Å². The van der Waals surface area contributed by atoms with Gasteiger partial charge in [-0.2, -0.15) is 0 Å². The summed E-state index contributed by atoms with van der Waals surface area (Å²) in [6.45, 7) is 0.201. The van der Waals surface area contributed by atoms with Crippen molar-refractivity contribution >= 4 is 15.9 Å². The van der Waals surface area contributed by atoms with Gasteiger partial charge in [0.1, 0.15) is 17.4 Å². The second kappa shape index (κ2) is 4.70. The number of ether oxygens (including phenoxy) is 1. The average molecular weight is 266 g/mol. The van der Waals surface area contributed by atoms with Gasteiger partial charge in [0.25, 0.3) is 0 Å².